The smallest absolute Gasteiger partial charge is 0.325 e. The van der Waals surface area contributed by atoms with E-state index in [1.54, 1.807) is 6.20 Å². The number of piperidine rings is 1. The van der Waals surface area contributed by atoms with E-state index in [1.807, 2.05) is 66.0 Å². The number of thiazole rings is 1. The minimum Gasteiger partial charge on any atom is -0.480 e. The number of benzene rings is 2. The Balaban J connectivity index is 0.000000192. The zero-order valence-electron chi connectivity index (χ0n) is 19.6. The Bertz CT molecular complexity index is 988. The molecule has 0 saturated carbocycles. The number of Topliss-reactive ketones (excluding diaryl/α,β-unsaturated/α-hetero) is 1. The van der Waals surface area contributed by atoms with Crippen LogP contribution in [0.4, 0.5) is 0 Å². The number of carbonyl (C=O) groups excluding carboxylic acids is 1. The number of rotatable bonds is 9. The molecule has 34 heavy (non-hydrogen) atoms. The second-order valence-corrected chi connectivity index (χ2v) is 9.33. The Morgan fingerprint density at radius 1 is 1.09 bits per heavy atom. The van der Waals surface area contributed by atoms with E-state index in [4.69, 9.17) is 0 Å². The van der Waals surface area contributed by atoms with Crippen LogP contribution in [-0.2, 0) is 11.3 Å². The summed E-state index contributed by atoms with van der Waals surface area (Å²) in [6.07, 6.45) is 5.44. The Labute approximate surface area is 205 Å². The third kappa shape index (κ3) is 8.17. The zero-order chi connectivity index (χ0) is 24.2. The van der Waals surface area contributed by atoms with Crippen LogP contribution in [0.25, 0.3) is 0 Å². The van der Waals surface area contributed by atoms with E-state index < -0.39 is 12.0 Å². The summed E-state index contributed by atoms with van der Waals surface area (Å²) in [6.45, 7) is 5.46. The van der Waals surface area contributed by atoms with E-state index in [0.29, 0.717) is 18.1 Å². The second-order valence-electron chi connectivity index (χ2n) is 8.44. The van der Waals surface area contributed by atoms with Gasteiger partial charge in [0, 0.05) is 18.1 Å². The Hall–Kier alpha value is -2.87. The third-order valence-corrected chi connectivity index (χ3v) is 6.87. The first kappa shape index (κ1) is 25.7. The molecule has 1 aliphatic rings. The maximum atomic E-state index is 11.8. The van der Waals surface area contributed by atoms with Gasteiger partial charge in [-0.25, -0.2) is 4.98 Å². The van der Waals surface area contributed by atoms with Crippen molar-refractivity contribution in [3.8, 4) is 0 Å². The number of aliphatic carboxylic acids is 1. The number of nitrogens with one attached hydrogen (secondary N) is 1. The summed E-state index contributed by atoms with van der Waals surface area (Å²) in [5.41, 5.74) is 1.83. The van der Waals surface area contributed by atoms with Crippen molar-refractivity contribution in [2.24, 2.45) is 5.92 Å². The van der Waals surface area contributed by atoms with Gasteiger partial charge in [0.1, 0.15) is 6.04 Å². The van der Waals surface area contributed by atoms with Crippen LogP contribution in [0.5, 0.6) is 0 Å². The molecule has 1 fully saturated rings. The molecule has 1 aromatic heterocycles. The molecule has 0 aliphatic carbocycles. The zero-order valence-corrected chi connectivity index (χ0v) is 20.4. The number of carboxylic acid groups (broad SMARTS) is 1. The SMILES string of the molecule is CCC1CCN(CC(=O)c2nccs2)CC1.O=C(O)C(NCc1ccccc1)c1ccccc1. The van der Waals surface area contributed by atoms with Crippen molar-refractivity contribution < 1.29 is 14.7 Å². The van der Waals surface area contributed by atoms with Gasteiger partial charge in [0.25, 0.3) is 0 Å². The van der Waals surface area contributed by atoms with E-state index in [9.17, 15) is 14.7 Å². The van der Waals surface area contributed by atoms with Gasteiger partial charge in [-0.05, 0) is 43.0 Å². The number of carboxylic acids is 1. The molecule has 6 nitrogen and oxygen atoms in total. The normalized spacial score (nSPS) is 15.2. The lowest BCUT2D eigenvalue weighted by Crippen LogP contribution is -2.37. The fourth-order valence-corrected chi connectivity index (χ4v) is 4.56. The number of hydrogen-bond acceptors (Lipinski definition) is 6. The van der Waals surface area contributed by atoms with Gasteiger partial charge in [0.05, 0.1) is 6.54 Å². The molecule has 7 heteroatoms. The van der Waals surface area contributed by atoms with Crippen molar-refractivity contribution in [2.75, 3.05) is 19.6 Å². The van der Waals surface area contributed by atoms with Crippen LogP contribution < -0.4 is 5.32 Å². The molecule has 0 radical (unpaired) electrons. The summed E-state index contributed by atoms with van der Waals surface area (Å²) in [5.74, 6) is 0.174. The standard InChI is InChI=1S/C15H15NO2.C12H18N2OS/c17-15(18)14(13-9-5-2-6-10-13)16-11-12-7-3-1-4-8-12;1-2-10-3-6-14(7-4-10)9-11(15)12-13-5-8-16-12/h1-10,14,16H,11H2,(H,17,18);5,8,10H,2-4,6-7,9H2,1H3. The summed E-state index contributed by atoms with van der Waals surface area (Å²) < 4.78 is 0. The number of carbonyl (C=O) groups is 2. The Morgan fingerprint density at radius 2 is 1.74 bits per heavy atom. The fourth-order valence-electron chi connectivity index (χ4n) is 3.99. The van der Waals surface area contributed by atoms with Gasteiger partial charge in [-0.3, -0.25) is 19.8 Å². The highest BCUT2D eigenvalue weighted by Gasteiger charge is 2.21. The molecule has 180 valence electrons. The van der Waals surface area contributed by atoms with E-state index in [1.165, 1.54) is 30.6 Å². The lowest BCUT2D eigenvalue weighted by Gasteiger charge is -2.30. The number of hydrogen-bond donors (Lipinski definition) is 2. The minimum absolute atomic E-state index is 0.171. The van der Waals surface area contributed by atoms with Gasteiger partial charge in [0.15, 0.2) is 5.01 Å². The van der Waals surface area contributed by atoms with Gasteiger partial charge in [-0.1, -0.05) is 74.0 Å². The predicted octanol–water partition coefficient (Wildman–Crippen LogP) is 5.05. The molecule has 1 saturated heterocycles. The number of ketones is 1. The molecule has 2 N–H and O–H groups in total. The molecule has 2 heterocycles. The number of aromatic nitrogens is 1. The highest BCUT2D eigenvalue weighted by atomic mass is 32.1. The van der Waals surface area contributed by atoms with Gasteiger partial charge in [-0.2, -0.15) is 0 Å². The van der Waals surface area contributed by atoms with Crippen LogP contribution in [0, 0.1) is 5.92 Å². The maximum Gasteiger partial charge on any atom is 0.325 e. The number of nitrogens with zero attached hydrogens (tertiary/aromatic N) is 2. The first-order chi connectivity index (χ1) is 16.6. The molecule has 1 aliphatic heterocycles. The second kappa shape index (κ2) is 13.7. The van der Waals surface area contributed by atoms with Crippen molar-refractivity contribution in [1.82, 2.24) is 15.2 Å². The molecule has 0 spiro atoms. The molecule has 2 aromatic carbocycles. The van der Waals surface area contributed by atoms with Crippen LogP contribution in [-0.4, -0.2) is 46.4 Å². The van der Waals surface area contributed by atoms with Gasteiger partial charge in [-0.15, -0.1) is 11.3 Å². The van der Waals surface area contributed by atoms with Crippen molar-refractivity contribution in [2.45, 2.75) is 38.8 Å². The molecule has 1 unspecified atom stereocenters. The van der Waals surface area contributed by atoms with Gasteiger partial charge >= 0.3 is 5.97 Å². The van der Waals surface area contributed by atoms with Crippen molar-refractivity contribution in [3.63, 3.8) is 0 Å². The lowest BCUT2D eigenvalue weighted by molar-refractivity contribution is -0.139. The lowest BCUT2D eigenvalue weighted by atomic mass is 9.94. The first-order valence-electron chi connectivity index (χ1n) is 11.8. The maximum absolute atomic E-state index is 11.8. The summed E-state index contributed by atoms with van der Waals surface area (Å²) >= 11 is 1.44. The molecule has 3 aromatic rings. The highest BCUT2D eigenvalue weighted by molar-refractivity contribution is 7.11. The summed E-state index contributed by atoms with van der Waals surface area (Å²) in [4.78, 5) is 29.4. The van der Waals surface area contributed by atoms with E-state index in [0.717, 1.165) is 30.1 Å². The summed E-state index contributed by atoms with van der Waals surface area (Å²) in [6, 6.07) is 18.3. The molecular weight excluding hydrogens is 446 g/mol. The average molecular weight is 480 g/mol. The van der Waals surface area contributed by atoms with Crippen LogP contribution >= 0.6 is 11.3 Å². The van der Waals surface area contributed by atoms with Gasteiger partial charge in [0.2, 0.25) is 5.78 Å². The predicted molar refractivity (Wildman–Crippen MR) is 136 cm³/mol. The van der Waals surface area contributed by atoms with Crippen LogP contribution in [0.2, 0.25) is 0 Å². The molecule has 4 rings (SSSR count). The van der Waals surface area contributed by atoms with E-state index in [-0.39, 0.29) is 5.78 Å². The van der Waals surface area contributed by atoms with Crippen LogP contribution in [0.3, 0.4) is 0 Å². The van der Waals surface area contributed by atoms with E-state index in [2.05, 4.69) is 22.1 Å². The Kier molecular flexibility index (Phi) is 10.4. The summed E-state index contributed by atoms with van der Waals surface area (Å²) in [7, 11) is 0. The topological polar surface area (TPSA) is 82.5 Å². The fraction of sp³-hybridized carbons (Fsp3) is 0.370. The summed E-state index contributed by atoms with van der Waals surface area (Å²) in [5, 5.41) is 14.8. The quantitative estimate of drug-likeness (QED) is 0.418. The molecule has 0 bridgehead atoms. The van der Waals surface area contributed by atoms with E-state index >= 15 is 0 Å². The van der Waals surface area contributed by atoms with Crippen molar-refractivity contribution in [1.29, 1.82) is 0 Å². The average Bonchev–Trinajstić information content (AvgIpc) is 3.42. The third-order valence-electron chi connectivity index (χ3n) is 6.06. The largest absolute Gasteiger partial charge is 0.480 e. The first-order valence-corrected chi connectivity index (χ1v) is 12.6. The highest BCUT2D eigenvalue weighted by Crippen LogP contribution is 2.20. The van der Waals surface area contributed by atoms with Crippen molar-refractivity contribution in [3.05, 3.63) is 88.4 Å². The molecule has 1 atom stereocenters. The van der Waals surface area contributed by atoms with Crippen molar-refractivity contribution >= 4 is 23.1 Å². The van der Waals surface area contributed by atoms with Gasteiger partial charge < -0.3 is 5.11 Å². The Morgan fingerprint density at radius 3 is 2.29 bits per heavy atom. The van der Waals surface area contributed by atoms with Crippen LogP contribution in [0.15, 0.2) is 72.2 Å². The number of likely N-dealkylation sites (tertiary alicyclic amines) is 1. The monoisotopic (exact) mass is 479 g/mol. The van der Waals surface area contributed by atoms with Crippen LogP contribution in [0.1, 0.15) is 53.2 Å². The minimum atomic E-state index is -0.864. The molecular formula is C27H33N3O3S. The molecule has 0 amide bonds.